The standard InChI is InChI=1S/C50H46N2/c1-33-15-23-39(24-16-33)51(40-25-17-34(2)18-26-40)49-37(5)31-47(43-11-7-9-13-45(43)49)48-32-38(6)50(46-14-10-8-12-44(46)48)52(41-27-19-35(3)20-28-41)42-29-21-36(4)22-30-42/h7-21,23-29,31-32H,22,30H2,1-6H3. The van der Waals surface area contributed by atoms with Crippen LogP contribution in [-0.4, -0.2) is 0 Å². The summed E-state index contributed by atoms with van der Waals surface area (Å²) < 4.78 is 0. The first-order chi connectivity index (χ1) is 25.3. The molecule has 0 aromatic heterocycles. The zero-order chi connectivity index (χ0) is 35.9. The Morgan fingerprint density at radius 3 is 1.17 bits per heavy atom. The van der Waals surface area contributed by atoms with Crippen LogP contribution in [0.3, 0.4) is 0 Å². The third-order valence-electron chi connectivity index (χ3n) is 10.7. The predicted octanol–water partition coefficient (Wildman–Crippen LogP) is 14.4. The van der Waals surface area contributed by atoms with Crippen molar-refractivity contribution >= 4 is 50.0 Å². The molecular formula is C50H46N2. The number of allylic oxidation sites excluding steroid dienone is 4. The number of hydrogen-bond donors (Lipinski definition) is 0. The van der Waals surface area contributed by atoms with Crippen molar-refractivity contribution in [1.82, 2.24) is 0 Å². The second-order valence-electron chi connectivity index (χ2n) is 14.6. The van der Waals surface area contributed by atoms with Crippen molar-refractivity contribution < 1.29 is 0 Å². The smallest absolute Gasteiger partial charge is 0.0569 e. The molecule has 0 unspecified atom stereocenters. The molecule has 256 valence electrons. The first kappa shape index (κ1) is 33.3. The minimum atomic E-state index is 1.01. The van der Waals surface area contributed by atoms with Crippen LogP contribution in [0.4, 0.5) is 28.4 Å². The normalized spacial score (nSPS) is 12.9. The van der Waals surface area contributed by atoms with Crippen LogP contribution in [0.2, 0.25) is 0 Å². The van der Waals surface area contributed by atoms with Gasteiger partial charge in [-0.25, -0.2) is 0 Å². The zero-order valence-electron chi connectivity index (χ0n) is 31.2. The highest BCUT2D eigenvalue weighted by Crippen LogP contribution is 2.48. The van der Waals surface area contributed by atoms with Crippen molar-refractivity contribution in [3.8, 4) is 11.1 Å². The van der Waals surface area contributed by atoms with E-state index in [1.807, 2.05) is 0 Å². The number of hydrogen-bond acceptors (Lipinski definition) is 2. The van der Waals surface area contributed by atoms with E-state index in [0.29, 0.717) is 0 Å². The maximum absolute atomic E-state index is 2.51. The fourth-order valence-electron chi connectivity index (χ4n) is 7.88. The zero-order valence-corrected chi connectivity index (χ0v) is 31.2. The van der Waals surface area contributed by atoms with E-state index in [1.54, 1.807) is 0 Å². The van der Waals surface area contributed by atoms with E-state index >= 15 is 0 Å². The second kappa shape index (κ2) is 13.7. The Labute approximate surface area is 309 Å². The largest absolute Gasteiger partial charge is 0.313 e. The van der Waals surface area contributed by atoms with Crippen LogP contribution >= 0.6 is 0 Å². The number of rotatable bonds is 7. The summed E-state index contributed by atoms with van der Waals surface area (Å²) in [6.07, 6.45) is 6.70. The summed E-state index contributed by atoms with van der Waals surface area (Å²) in [6, 6.07) is 49.6. The van der Waals surface area contributed by atoms with Gasteiger partial charge in [0, 0.05) is 33.5 Å². The van der Waals surface area contributed by atoms with Crippen molar-refractivity contribution in [2.24, 2.45) is 0 Å². The van der Waals surface area contributed by atoms with Crippen molar-refractivity contribution in [1.29, 1.82) is 0 Å². The molecule has 7 aromatic rings. The number of benzene rings is 7. The second-order valence-corrected chi connectivity index (χ2v) is 14.6. The van der Waals surface area contributed by atoms with Gasteiger partial charge in [0.2, 0.25) is 0 Å². The van der Waals surface area contributed by atoms with E-state index < -0.39 is 0 Å². The summed E-state index contributed by atoms with van der Waals surface area (Å²) in [5.41, 5.74) is 17.5. The predicted molar refractivity (Wildman–Crippen MR) is 225 cm³/mol. The van der Waals surface area contributed by atoms with Gasteiger partial charge in [-0.1, -0.05) is 113 Å². The summed E-state index contributed by atoms with van der Waals surface area (Å²) in [5, 5.41) is 5.00. The van der Waals surface area contributed by atoms with Gasteiger partial charge in [0.05, 0.1) is 11.4 Å². The molecule has 0 saturated heterocycles. The molecular weight excluding hydrogens is 629 g/mol. The van der Waals surface area contributed by atoms with Gasteiger partial charge < -0.3 is 9.80 Å². The molecule has 1 aliphatic carbocycles. The molecule has 0 N–H and O–H groups in total. The SMILES string of the molecule is CC1=CC=C(N(c2ccc(C)cc2)c2c(C)cc(-c3cc(C)c(N(c4ccc(C)cc4)c4ccc(C)cc4)c4ccccc34)c3ccccc23)CC1. The summed E-state index contributed by atoms with van der Waals surface area (Å²) >= 11 is 0. The van der Waals surface area contributed by atoms with Gasteiger partial charge in [0.15, 0.2) is 0 Å². The molecule has 0 spiro atoms. The highest BCUT2D eigenvalue weighted by Gasteiger charge is 2.25. The average molecular weight is 675 g/mol. The van der Waals surface area contributed by atoms with Crippen LogP contribution in [0.5, 0.6) is 0 Å². The fourth-order valence-corrected chi connectivity index (χ4v) is 7.88. The Bertz CT molecular complexity index is 2450. The van der Waals surface area contributed by atoms with E-state index in [9.17, 15) is 0 Å². The molecule has 0 aliphatic heterocycles. The van der Waals surface area contributed by atoms with E-state index in [0.717, 1.165) is 24.2 Å². The van der Waals surface area contributed by atoms with Crippen LogP contribution in [0.25, 0.3) is 32.7 Å². The molecule has 0 bridgehead atoms. The molecule has 0 heterocycles. The minimum Gasteiger partial charge on any atom is -0.313 e. The van der Waals surface area contributed by atoms with Gasteiger partial charge >= 0.3 is 0 Å². The number of anilines is 5. The van der Waals surface area contributed by atoms with Crippen LogP contribution in [0.15, 0.2) is 157 Å². The molecule has 2 nitrogen and oxygen atoms in total. The van der Waals surface area contributed by atoms with Gasteiger partial charge in [-0.2, -0.15) is 0 Å². The van der Waals surface area contributed by atoms with Gasteiger partial charge in [0.1, 0.15) is 0 Å². The fraction of sp³-hybridized carbons (Fsp3) is 0.160. The van der Waals surface area contributed by atoms with Crippen LogP contribution < -0.4 is 9.80 Å². The Kier molecular flexibility index (Phi) is 8.77. The average Bonchev–Trinajstić information content (AvgIpc) is 3.16. The van der Waals surface area contributed by atoms with Gasteiger partial charge in [-0.3, -0.25) is 0 Å². The van der Waals surface area contributed by atoms with Crippen molar-refractivity contribution in [2.75, 3.05) is 9.80 Å². The highest BCUT2D eigenvalue weighted by molar-refractivity contribution is 6.14. The minimum absolute atomic E-state index is 1.01. The molecule has 0 atom stereocenters. The lowest BCUT2D eigenvalue weighted by atomic mass is 9.88. The third-order valence-corrected chi connectivity index (χ3v) is 10.7. The van der Waals surface area contributed by atoms with E-state index in [-0.39, 0.29) is 0 Å². The molecule has 0 amide bonds. The molecule has 1 aliphatic rings. The highest BCUT2D eigenvalue weighted by atomic mass is 15.2. The lowest BCUT2D eigenvalue weighted by molar-refractivity contribution is 0.874. The maximum atomic E-state index is 2.51. The van der Waals surface area contributed by atoms with Crippen LogP contribution in [-0.2, 0) is 0 Å². The Morgan fingerprint density at radius 2 is 0.769 bits per heavy atom. The Morgan fingerprint density at radius 1 is 0.385 bits per heavy atom. The number of nitrogens with zero attached hydrogens (tertiary/aromatic N) is 2. The van der Waals surface area contributed by atoms with Crippen LogP contribution in [0.1, 0.15) is 47.6 Å². The Balaban J connectivity index is 1.37. The van der Waals surface area contributed by atoms with E-state index in [4.69, 9.17) is 0 Å². The monoisotopic (exact) mass is 674 g/mol. The summed E-state index contributed by atoms with van der Waals surface area (Å²) in [4.78, 5) is 4.94. The van der Waals surface area contributed by atoms with E-state index in [1.165, 1.54) is 88.8 Å². The summed E-state index contributed by atoms with van der Waals surface area (Å²) in [5.74, 6) is 0. The summed E-state index contributed by atoms with van der Waals surface area (Å²) in [6.45, 7) is 13.3. The van der Waals surface area contributed by atoms with Gasteiger partial charge in [0.25, 0.3) is 0 Å². The van der Waals surface area contributed by atoms with E-state index in [2.05, 4.69) is 197 Å². The summed E-state index contributed by atoms with van der Waals surface area (Å²) in [7, 11) is 0. The number of aryl methyl sites for hydroxylation is 5. The van der Waals surface area contributed by atoms with Gasteiger partial charge in [-0.05, 0) is 142 Å². The lowest BCUT2D eigenvalue weighted by Crippen LogP contribution is -2.19. The van der Waals surface area contributed by atoms with Crippen molar-refractivity contribution in [2.45, 2.75) is 54.4 Å². The maximum Gasteiger partial charge on any atom is 0.0569 e. The molecule has 0 fully saturated rings. The molecule has 2 heteroatoms. The quantitative estimate of drug-likeness (QED) is 0.166. The molecule has 8 rings (SSSR count). The molecule has 7 aromatic carbocycles. The Hall–Kier alpha value is -5.86. The molecule has 52 heavy (non-hydrogen) atoms. The first-order valence-corrected chi connectivity index (χ1v) is 18.5. The van der Waals surface area contributed by atoms with Crippen molar-refractivity contribution in [3.05, 3.63) is 185 Å². The van der Waals surface area contributed by atoms with Gasteiger partial charge in [-0.15, -0.1) is 0 Å². The van der Waals surface area contributed by atoms with Crippen LogP contribution in [0, 0.1) is 34.6 Å². The molecule has 0 saturated carbocycles. The third kappa shape index (κ3) is 6.09. The first-order valence-electron chi connectivity index (χ1n) is 18.5. The molecule has 0 radical (unpaired) electrons. The lowest BCUT2D eigenvalue weighted by Gasteiger charge is -2.33. The topological polar surface area (TPSA) is 6.48 Å². The van der Waals surface area contributed by atoms with Crippen molar-refractivity contribution in [3.63, 3.8) is 0 Å². The number of fused-ring (bicyclic) bond motifs is 2.